The molecule has 0 saturated carbocycles. The van der Waals surface area contributed by atoms with Gasteiger partial charge in [0.15, 0.2) is 11.5 Å². The van der Waals surface area contributed by atoms with Crippen molar-refractivity contribution in [1.82, 2.24) is 4.72 Å². The van der Waals surface area contributed by atoms with Crippen molar-refractivity contribution in [3.05, 3.63) is 29.8 Å². The average Bonchev–Trinajstić information content (AvgIpc) is 2.46. The van der Waals surface area contributed by atoms with E-state index >= 15 is 0 Å². The van der Waals surface area contributed by atoms with Crippen molar-refractivity contribution >= 4 is 16.1 Å². The molecular weight excluding hydrogens is 278 g/mol. The van der Waals surface area contributed by atoms with Crippen LogP contribution in [0.25, 0.3) is 6.08 Å². The van der Waals surface area contributed by atoms with Gasteiger partial charge in [0.25, 0.3) is 0 Å². The lowest BCUT2D eigenvalue weighted by atomic mass is 10.1. The summed E-state index contributed by atoms with van der Waals surface area (Å²) in [4.78, 5) is 0. The van der Waals surface area contributed by atoms with Gasteiger partial charge in [-0.2, -0.15) is 0 Å². The smallest absolute Gasteiger partial charge is 0.211 e. The molecule has 2 rings (SSSR count). The Hall–Kier alpha value is -1.53. The molecule has 1 aromatic carbocycles. The summed E-state index contributed by atoms with van der Waals surface area (Å²) in [5.74, 6) is 1.63. The van der Waals surface area contributed by atoms with Gasteiger partial charge in [0.1, 0.15) is 13.2 Å². The Morgan fingerprint density at radius 1 is 1.25 bits per heavy atom. The first-order chi connectivity index (χ1) is 9.61. The van der Waals surface area contributed by atoms with Crippen LogP contribution in [0.15, 0.2) is 24.3 Å². The van der Waals surface area contributed by atoms with E-state index in [1.54, 1.807) is 6.92 Å². The minimum absolute atomic E-state index is 0.110. The molecule has 1 aliphatic heterocycles. The molecule has 1 aromatic rings. The van der Waals surface area contributed by atoms with E-state index < -0.39 is 10.0 Å². The summed E-state index contributed by atoms with van der Waals surface area (Å²) in [6, 6.07) is 5.75. The number of ether oxygens (including phenoxy) is 2. The highest BCUT2D eigenvalue weighted by molar-refractivity contribution is 7.89. The zero-order valence-electron chi connectivity index (χ0n) is 11.5. The van der Waals surface area contributed by atoms with Crippen LogP contribution in [0.5, 0.6) is 11.5 Å². The lowest BCUT2D eigenvalue weighted by Crippen LogP contribution is -2.25. The molecule has 0 amide bonds. The summed E-state index contributed by atoms with van der Waals surface area (Å²) in [5, 5.41) is 0. The lowest BCUT2D eigenvalue weighted by Gasteiger charge is -2.18. The summed E-state index contributed by atoms with van der Waals surface area (Å²) in [6.07, 6.45) is 4.52. The SMILES string of the molecule is CCS(=O)(=O)NCC/C=C/c1ccc2c(c1)OCCO2. The molecule has 20 heavy (non-hydrogen) atoms. The normalized spacial score (nSPS) is 14.7. The Morgan fingerprint density at radius 2 is 2.00 bits per heavy atom. The minimum atomic E-state index is -3.10. The minimum Gasteiger partial charge on any atom is -0.486 e. The second kappa shape index (κ2) is 6.76. The van der Waals surface area contributed by atoms with Crippen LogP contribution in [0.3, 0.4) is 0 Å². The lowest BCUT2D eigenvalue weighted by molar-refractivity contribution is 0.171. The van der Waals surface area contributed by atoms with Crippen LogP contribution in [0.1, 0.15) is 18.9 Å². The third kappa shape index (κ3) is 4.25. The quantitative estimate of drug-likeness (QED) is 0.813. The zero-order valence-corrected chi connectivity index (χ0v) is 12.3. The van der Waals surface area contributed by atoms with Crippen molar-refractivity contribution in [1.29, 1.82) is 0 Å². The maximum Gasteiger partial charge on any atom is 0.211 e. The molecule has 0 atom stereocenters. The summed E-state index contributed by atoms with van der Waals surface area (Å²) in [5.41, 5.74) is 1.01. The Kier molecular flexibility index (Phi) is 5.03. The molecule has 1 heterocycles. The van der Waals surface area contributed by atoms with Gasteiger partial charge in [0.05, 0.1) is 5.75 Å². The number of benzene rings is 1. The van der Waals surface area contributed by atoms with Crippen LogP contribution in [0.2, 0.25) is 0 Å². The van der Waals surface area contributed by atoms with Crippen LogP contribution in [0, 0.1) is 0 Å². The molecule has 0 aliphatic carbocycles. The van der Waals surface area contributed by atoms with Crippen molar-refractivity contribution in [3.63, 3.8) is 0 Å². The predicted molar refractivity (Wildman–Crippen MR) is 78.5 cm³/mol. The average molecular weight is 297 g/mol. The molecule has 5 nitrogen and oxygen atoms in total. The van der Waals surface area contributed by atoms with E-state index in [1.165, 1.54) is 0 Å². The third-order valence-corrected chi connectivity index (χ3v) is 4.29. The molecular formula is C14H19NO4S. The molecule has 0 saturated heterocycles. The maximum absolute atomic E-state index is 11.2. The van der Waals surface area contributed by atoms with Crippen LogP contribution in [-0.4, -0.2) is 33.9 Å². The fourth-order valence-electron chi connectivity index (χ4n) is 1.78. The van der Waals surface area contributed by atoms with Gasteiger partial charge in [-0.3, -0.25) is 0 Å². The highest BCUT2D eigenvalue weighted by Gasteiger charge is 2.10. The Labute approximate surface area is 119 Å². The van der Waals surface area contributed by atoms with Gasteiger partial charge in [0.2, 0.25) is 10.0 Å². The number of hydrogen-bond donors (Lipinski definition) is 1. The van der Waals surface area contributed by atoms with E-state index in [0.29, 0.717) is 26.2 Å². The monoisotopic (exact) mass is 297 g/mol. The molecule has 0 fully saturated rings. The van der Waals surface area contributed by atoms with E-state index in [2.05, 4.69) is 4.72 Å². The molecule has 6 heteroatoms. The first-order valence-corrected chi connectivity index (χ1v) is 8.29. The topological polar surface area (TPSA) is 64.6 Å². The van der Waals surface area contributed by atoms with Crippen LogP contribution >= 0.6 is 0 Å². The van der Waals surface area contributed by atoms with Crippen molar-refractivity contribution in [2.24, 2.45) is 0 Å². The van der Waals surface area contributed by atoms with Gasteiger partial charge < -0.3 is 9.47 Å². The van der Waals surface area contributed by atoms with E-state index in [4.69, 9.17) is 9.47 Å². The summed E-state index contributed by atoms with van der Waals surface area (Å²) >= 11 is 0. The maximum atomic E-state index is 11.2. The first-order valence-electron chi connectivity index (χ1n) is 6.64. The first kappa shape index (κ1) is 14.9. The van der Waals surface area contributed by atoms with Crippen LogP contribution < -0.4 is 14.2 Å². The summed E-state index contributed by atoms with van der Waals surface area (Å²) in [7, 11) is -3.10. The van der Waals surface area contributed by atoms with E-state index in [9.17, 15) is 8.42 Å². The Bertz CT molecular complexity index is 581. The molecule has 0 radical (unpaired) electrons. The summed E-state index contributed by atoms with van der Waals surface area (Å²) < 4.78 is 35.9. The van der Waals surface area contributed by atoms with Crippen molar-refractivity contribution in [2.45, 2.75) is 13.3 Å². The van der Waals surface area contributed by atoms with Crippen LogP contribution in [0.4, 0.5) is 0 Å². The Morgan fingerprint density at radius 3 is 2.75 bits per heavy atom. The molecule has 110 valence electrons. The number of fused-ring (bicyclic) bond motifs is 1. The molecule has 0 spiro atoms. The predicted octanol–water partition coefficient (Wildman–Crippen LogP) is 1.80. The highest BCUT2D eigenvalue weighted by Crippen LogP contribution is 2.31. The number of sulfonamides is 1. The van der Waals surface area contributed by atoms with Crippen LogP contribution in [-0.2, 0) is 10.0 Å². The van der Waals surface area contributed by atoms with Gasteiger partial charge in [-0.25, -0.2) is 13.1 Å². The van der Waals surface area contributed by atoms with Crippen molar-refractivity contribution < 1.29 is 17.9 Å². The zero-order chi connectivity index (χ0) is 14.4. The number of hydrogen-bond acceptors (Lipinski definition) is 4. The second-order valence-corrected chi connectivity index (χ2v) is 6.49. The van der Waals surface area contributed by atoms with Gasteiger partial charge in [0, 0.05) is 6.54 Å². The molecule has 1 aliphatic rings. The second-order valence-electron chi connectivity index (χ2n) is 4.39. The van der Waals surface area contributed by atoms with Gasteiger partial charge in [-0.1, -0.05) is 18.2 Å². The van der Waals surface area contributed by atoms with E-state index in [1.807, 2.05) is 30.4 Å². The van der Waals surface area contributed by atoms with Gasteiger partial charge in [-0.05, 0) is 31.0 Å². The van der Waals surface area contributed by atoms with Crippen molar-refractivity contribution in [3.8, 4) is 11.5 Å². The van der Waals surface area contributed by atoms with Crippen molar-refractivity contribution in [2.75, 3.05) is 25.5 Å². The number of rotatable bonds is 6. The Balaban J connectivity index is 1.85. The highest BCUT2D eigenvalue weighted by atomic mass is 32.2. The fourth-order valence-corrected chi connectivity index (χ4v) is 2.42. The van der Waals surface area contributed by atoms with E-state index in [0.717, 1.165) is 17.1 Å². The van der Waals surface area contributed by atoms with Gasteiger partial charge >= 0.3 is 0 Å². The molecule has 0 unspecified atom stereocenters. The largest absolute Gasteiger partial charge is 0.486 e. The number of nitrogens with one attached hydrogen (secondary N) is 1. The van der Waals surface area contributed by atoms with E-state index in [-0.39, 0.29) is 5.75 Å². The third-order valence-electron chi connectivity index (χ3n) is 2.89. The molecule has 0 bridgehead atoms. The molecule has 0 aromatic heterocycles. The van der Waals surface area contributed by atoms with Gasteiger partial charge in [-0.15, -0.1) is 0 Å². The fraction of sp³-hybridized carbons (Fsp3) is 0.429. The summed E-state index contributed by atoms with van der Waals surface area (Å²) in [6.45, 7) is 3.18. The molecule has 1 N–H and O–H groups in total. The standard InChI is InChI=1S/C14H19NO4S/c1-2-20(16,17)15-8-4-3-5-12-6-7-13-14(11-12)19-10-9-18-13/h3,5-7,11,15H,2,4,8-10H2,1H3/b5-3+.